The summed E-state index contributed by atoms with van der Waals surface area (Å²) >= 11 is 23.6. The van der Waals surface area contributed by atoms with Gasteiger partial charge in [-0.3, -0.25) is 0 Å². The molecule has 0 unspecified atom stereocenters. The van der Waals surface area contributed by atoms with Gasteiger partial charge >= 0.3 is 0 Å². The molecule has 2 aromatic carbocycles. The van der Waals surface area contributed by atoms with Gasteiger partial charge in [-0.05, 0) is 35.4 Å². The van der Waals surface area contributed by atoms with E-state index in [1.54, 1.807) is 36.4 Å². The first-order valence-electron chi connectivity index (χ1n) is 6.39. The molecule has 0 spiro atoms. The number of nitrogens with one attached hydrogen (secondary N) is 2. The first-order chi connectivity index (χ1) is 10.8. The third-order valence-electron chi connectivity index (χ3n) is 2.94. The molecule has 0 bridgehead atoms. The van der Waals surface area contributed by atoms with E-state index in [4.69, 9.17) is 46.4 Å². The first-order valence-corrected chi connectivity index (χ1v) is 9.38. The van der Waals surface area contributed by atoms with E-state index in [2.05, 4.69) is 9.44 Å². The summed E-state index contributed by atoms with van der Waals surface area (Å²) in [6.07, 6.45) is 0. The second-order valence-electron chi connectivity index (χ2n) is 4.62. The smallest absolute Gasteiger partial charge is 0.198 e. The maximum absolute atomic E-state index is 12.0. The Morgan fingerprint density at radius 2 is 1.13 bits per heavy atom. The Morgan fingerprint density at radius 1 is 0.739 bits per heavy atom. The van der Waals surface area contributed by atoms with Crippen LogP contribution < -0.4 is 9.44 Å². The van der Waals surface area contributed by atoms with Crippen molar-refractivity contribution in [2.45, 2.75) is 13.1 Å². The maximum atomic E-state index is 12.0. The van der Waals surface area contributed by atoms with Crippen LogP contribution in [-0.4, -0.2) is 8.42 Å². The highest BCUT2D eigenvalue weighted by atomic mass is 35.5. The first kappa shape index (κ1) is 18.8. The molecule has 0 atom stereocenters. The van der Waals surface area contributed by atoms with Crippen LogP contribution >= 0.6 is 46.4 Å². The largest absolute Gasteiger partial charge is 0.277 e. The molecule has 0 saturated heterocycles. The van der Waals surface area contributed by atoms with Crippen molar-refractivity contribution in [3.05, 3.63) is 67.6 Å². The van der Waals surface area contributed by atoms with Gasteiger partial charge in [0, 0.05) is 33.2 Å². The van der Waals surface area contributed by atoms with Gasteiger partial charge in [-0.2, -0.15) is 17.9 Å². The fourth-order valence-corrected chi connectivity index (χ4v) is 3.47. The van der Waals surface area contributed by atoms with Crippen molar-refractivity contribution >= 4 is 56.6 Å². The summed E-state index contributed by atoms with van der Waals surface area (Å²) in [6, 6.07) is 9.68. The highest BCUT2D eigenvalue weighted by molar-refractivity contribution is 7.87. The molecule has 0 aliphatic heterocycles. The fourth-order valence-electron chi connectivity index (χ4n) is 1.73. The second kappa shape index (κ2) is 8.03. The van der Waals surface area contributed by atoms with E-state index in [-0.39, 0.29) is 13.1 Å². The van der Waals surface area contributed by atoms with Crippen molar-refractivity contribution < 1.29 is 8.42 Å². The summed E-state index contributed by atoms with van der Waals surface area (Å²) in [5, 5.41) is 1.75. The highest BCUT2D eigenvalue weighted by Gasteiger charge is 2.12. The third kappa shape index (κ3) is 5.80. The Bertz CT molecular complexity index is 751. The standard InChI is InChI=1S/C14H12Cl4N2O2S/c15-11-3-1-9(13(17)5-11)7-19-23(21,22)20-8-10-2-4-12(16)6-14(10)18/h1-6,19-20H,7-8H2. The molecule has 9 heteroatoms. The van der Waals surface area contributed by atoms with E-state index < -0.39 is 10.2 Å². The number of halogens is 4. The lowest BCUT2D eigenvalue weighted by atomic mass is 10.2. The zero-order chi connectivity index (χ0) is 17.0. The van der Waals surface area contributed by atoms with Crippen LogP contribution in [0.2, 0.25) is 20.1 Å². The lowest BCUT2D eigenvalue weighted by molar-refractivity contribution is 0.566. The monoisotopic (exact) mass is 412 g/mol. The van der Waals surface area contributed by atoms with Gasteiger partial charge in [0.25, 0.3) is 10.2 Å². The van der Waals surface area contributed by atoms with Gasteiger partial charge in [0.15, 0.2) is 0 Å². The predicted octanol–water partition coefficient (Wildman–Crippen LogP) is 4.42. The molecule has 2 N–H and O–H groups in total. The van der Waals surface area contributed by atoms with Crippen molar-refractivity contribution in [2.24, 2.45) is 0 Å². The van der Waals surface area contributed by atoms with E-state index in [0.717, 1.165) is 0 Å². The summed E-state index contributed by atoms with van der Waals surface area (Å²) in [7, 11) is -3.71. The molecule has 0 fully saturated rings. The van der Waals surface area contributed by atoms with Crippen LogP contribution in [0, 0.1) is 0 Å². The molecule has 23 heavy (non-hydrogen) atoms. The molecule has 0 radical (unpaired) electrons. The van der Waals surface area contributed by atoms with Crippen molar-refractivity contribution in [1.29, 1.82) is 0 Å². The zero-order valence-corrected chi connectivity index (χ0v) is 15.5. The van der Waals surface area contributed by atoms with Crippen LogP contribution in [0.15, 0.2) is 36.4 Å². The van der Waals surface area contributed by atoms with E-state index >= 15 is 0 Å². The minimum absolute atomic E-state index is 0.0414. The molecule has 0 aromatic heterocycles. The van der Waals surface area contributed by atoms with Crippen molar-refractivity contribution in [3.8, 4) is 0 Å². The van der Waals surface area contributed by atoms with Crippen LogP contribution in [0.1, 0.15) is 11.1 Å². The van der Waals surface area contributed by atoms with Crippen LogP contribution in [0.4, 0.5) is 0 Å². The van der Waals surface area contributed by atoms with Crippen LogP contribution in [0.3, 0.4) is 0 Å². The van der Waals surface area contributed by atoms with Gasteiger partial charge in [-0.15, -0.1) is 0 Å². The normalized spacial score (nSPS) is 11.7. The van der Waals surface area contributed by atoms with Crippen LogP contribution in [0.5, 0.6) is 0 Å². The maximum Gasteiger partial charge on any atom is 0.277 e. The quantitative estimate of drug-likeness (QED) is 0.735. The molecule has 0 heterocycles. The lowest BCUT2D eigenvalue weighted by Gasteiger charge is -2.10. The lowest BCUT2D eigenvalue weighted by Crippen LogP contribution is -2.35. The SMILES string of the molecule is O=S(=O)(NCc1ccc(Cl)cc1Cl)NCc1ccc(Cl)cc1Cl. The van der Waals surface area contributed by atoms with Crippen LogP contribution in [-0.2, 0) is 23.3 Å². The highest BCUT2D eigenvalue weighted by Crippen LogP contribution is 2.22. The zero-order valence-electron chi connectivity index (χ0n) is 11.6. The number of benzene rings is 2. The van der Waals surface area contributed by atoms with Gasteiger partial charge in [0.2, 0.25) is 0 Å². The van der Waals surface area contributed by atoms with Gasteiger partial charge in [-0.1, -0.05) is 58.5 Å². The Labute approximate surface area is 154 Å². The Morgan fingerprint density at radius 3 is 1.48 bits per heavy atom. The average Bonchev–Trinajstić information content (AvgIpc) is 2.45. The summed E-state index contributed by atoms with van der Waals surface area (Å²) in [5.74, 6) is 0. The molecule has 4 nitrogen and oxygen atoms in total. The molecule has 124 valence electrons. The van der Waals surface area contributed by atoms with Gasteiger partial charge in [0.1, 0.15) is 0 Å². The topological polar surface area (TPSA) is 58.2 Å². The molecule has 0 aliphatic rings. The molecule has 0 saturated carbocycles. The van der Waals surface area contributed by atoms with Crippen molar-refractivity contribution in [3.63, 3.8) is 0 Å². The van der Waals surface area contributed by atoms with Crippen LogP contribution in [0.25, 0.3) is 0 Å². The van der Waals surface area contributed by atoms with Crippen molar-refractivity contribution in [1.82, 2.24) is 9.44 Å². The molecule has 0 amide bonds. The molecular formula is C14H12Cl4N2O2S. The van der Waals surface area contributed by atoms with Gasteiger partial charge in [-0.25, -0.2) is 0 Å². The van der Waals surface area contributed by atoms with E-state index in [9.17, 15) is 8.42 Å². The Balaban J connectivity index is 1.96. The van der Waals surface area contributed by atoms with Crippen molar-refractivity contribution in [2.75, 3.05) is 0 Å². The average molecular weight is 414 g/mol. The minimum Gasteiger partial charge on any atom is -0.198 e. The molecular weight excluding hydrogens is 402 g/mol. The number of hydrogen-bond acceptors (Lipinski definition) is 2. The fraction of sp³-hybridized carbons (Fsp3) is 0.143. The summed E-state index contributed by atoms with van der Waals surface area (Å²) in [6.45, 7) is 0.0827. The van der Waals surface area contributed by atoms with E-state index in [1.165, 1.54) is 0 Å². The van der Waals surface area contributed by atoms with Gasteiger partial charge < -0.3 is 0 Å². The number of hydrogen-bond donors (Lipinski definition) is 2. The van der Waals surface area contributed by atoms with E-state index in [0.29, 0.717) is 31.2 Å². The molecule has 2 aromatic rings. The third-order valence-corrected chi connectivity index (χ3v) is 5.16. The number of rotatable bonds is 6. The van der Waals surface area contributed by atoms with E-state index in [1.807, 2.05) is 0 Å². The van der Waals surface area contributed by atoms with Gasteiger partial charge in [0.05, 0.1) is 0 Å². The summed E-state index contributed by atoms with van der Waals surface area (Å²) in [4.78, 5) is 0. The predicted molar refractivity (Wildman–Crippen MR) is 95.5 cm³/mol. The molecule has 2 rings (SSSR count). The minimum atomic E-state index is -3.71. The Kier molecular flexibility index (Phi) is 6.57. The summed E-state index contributed by atoms with van der Waals surface area (Å²) in [5.41, 5.74) is 1.23. The Hall–Kier alpha value is -0.530. The summed E-state index contributed by atoms with van der Waals surface area (Å²) < 4.78 is 28.7. The molecule has 0 aliphatic carbocycles. The second-order valence-corrected chi connectivity index (χ2v) is 7.89.